The van der Waals surface area contributed by atoms with E-state index in [1.807, 2.05) is 39.5 Å². The Kier molecular flexibility index (Phi) is 5.72. The van der Waals surface area contributed by atoms with Crippen LogP contribution in [0.5, 0.6) is 5.88 Å². The zero-order valence-corrected chi connectivity index (χ0v) is 19.3. The molecule has 1 aromatic carbocycles. The molecular weight excluding hydrogens is 400 g/mol. The predicted octanol–water partition coefficient (Wildman–Crippen LogP) is 3.94. The lowest BCUT2D eigenvalue weighted by atomic mass is 9.96. The average molecular weight is 429 g/mol. The van der Waals surface area contributed by atoms with Crippen LogP contribution >= 0.6 is 0 Å². The summed E-state index contributed by atoms with van der Waals surface area (Å²) in [6, 6.07) is 8.52. The van der Waals surface area contributed by atoms with E-state index in [1.54, 1.807) is 9.36 Å². The normalized spacial score (nSPS) is 18.0. The minimum Gasteiger partial charge on any atom is -0.473 e. The topological polar surface area (TPSA) is 71.9 Å². The predicted molar refractivity (Wildman–Crippen MR) is 126 cm³/mol. The van der Waals surface area contributed by atoms with E-state index >= 15 is 0 Å². The summed E-state index contributed by atoms with van der Waals surface area (Å²) < 4.78 is 9.92. The van der Waals surface area contributed by atoms with Gasteiger partial charge in [-0.25, -0.2) is 4.68 Å². The van der Waals surface area contributed by atoms with Gasteiger partial charge in [0.25, 0.3) is 0 Å². The van der Waals surface area contributed by atoms with Gasteiger partial charge in [-0.1, -0.05) is 24.8 Å². The van der Waals surface area contributed by atoms with Crippen LogP contribution < -0.4 is 4.74 Å². The van der Waals surface area contributed by atoms with E-state index in [9.17, 15) is 5.26 Å². The van der Waals surface area contributed by atoms with Crippen molar-refractivity contribution in [2.24, 2.45) is 14.1 Å². The third-order valence-corrected chi connectivity index (χ3v) is 5.84. The molecule has 0 fully saturated rings. The van der Waals surface area contributed by atoms with Gasteiger partial charge in [-0.15, -0.1) is 0 Å². The van der Waals surface area contributed by atoms with Gasteiger partial charge in [-0.2, -0.15) is 15.5 Å². The minimum atomic E-state index is -0.0678. The summed E-state index contributed by atoms with van der Waals surface area (Å²) in [5, 5.41) is 18.5. The van der Waals surface area contributed by atoms with Crippen LogP contribution in [0.3, 0.4) is 0 Å². The highest BCUT2D eigenvalue weighted by molar-refractivity contribution is 5.83. The molecule has 4 rings (SSSR count). The molecule has 0 N–H and O–H groups in total. The Balaban J connectivity index is 1.88. The highest BCUT2D eigenvalue weighted by Crippen LogP contribution is 2.33. The summed E-state index contributed by atoms with van der Waals surface area (Å²) in [5.74, 6) is 0.740. The maximum atomic E-state index is 9.62. The van der Waals surface area contributed by atoms with Crippen LogP contribution in [0.2, 0.25) is 0 Å². The van der Waals surface area contributed by atoms with Gasteiger partial charge in [0.15, 0.2) is 5.69 Å². The molecule has 1 aliphatic rings. The number of allylic oxidation sites excluding steroid dienone is 2. The molecule has 3 heterocycles. The second kappa shape index (κ2) is 8.48. The lowest BCUT2D eigenvalue weighted by Gasteiger charge is -2.23. The maximum absolute atomic E-state index is 9.62. The Labute approximate surface area is 188 Å². The van der Waals surface area contributed by atoms with E-state index in [4.69, 9.17) is 4.74 Å². The zero-order valence-electron chi connectivity index (χ0n) is 19.3. The van der Waals surface area contributed by atoms with Gasteiger partial charge >= 0.3 is 0 Å². The number of aromatic nitrogens is 4. The van der Waals surface area contributed by atoms with Crippen LogP contribution in [-0.2, 0) is 20.6 Å². The Morgan fingerprint density at radius 2 is 1.94 bits per heavy atom. The first-order valence-electron chi connectivity index (χ1n) is 10.6. The number of ether oxygens (including phenoxy) is 1. The van der Waals surface area contributed by atoms with Gasteiger partial charge < -0.3 is 4.74 Å². The summed E-state index contributed by atoms with van der Waals surface area (Å²) in [7, 11) is 5.81. The van der Waals surface area contributed by atoms with Crippen molar-refractivity contribution in [3.05, 3.63) is 65.1 Å². The lowest BCUT2D eigenvalue weighted by molar-refractivity contribution is 0.147. The minimum absolute atomic E-state index is 0.0678. The molecule has 1 atom stereocenters. The number of hydrogen-bond donors (Lipinski definition) is 0. The maximum Gasteiger partial charge on any atom is 0.219 e. The smallest absolute Gasteiger partial charge is 0.219 e. The number of fused-ring (bicyclic) bond motifs is 5. The first-order chi connectivity index (χ1) is 15.3. The van der Waals surface area contributed by atoms with Crippen molar-refractivity contribution in [2.45, 2.75) is 26.5 Å². The highest BCUT2D eigenvalue weighted by Gasteiger charge is 2.20. The molecular formula is C25H28N6O. The Bertz CT molecular complexity index is 1260. The molecule has 3 aromatic rings. The number of rotatable bonds is 0. The monoisotopic (exact) mass is 428 g/mol. The highest BCUT2D eigenvalue weighted by atomic mass is 16.5. The van der Waals surface area contributed by atoms with E-state index in [2.05, 4.69) is 59.8 Å². The average Bonchev–Trinajstić information content (AvgIpc) is 3.25. The van der Waals surface area contributed by atoms with Crippen LogP contribution in [-0.4, -0.2) is 44.2 Å². The second-order valence-electron chi connectivity index (χ2n) is 8.44. The second-order valence-corrected chi connectivity index (χ2v) is 8.44. The molecule has 0 radical (unpaired) electrons. The van der Waals surface area contributed by atoms with Crippen molar-refractivity contribution < 1.29 is 4.74 Å². The van der Waals surface area contributed by atoms with Crippen LogP contribution in [0.1, 0.15) is 35.0 Å². The molecule has 2 bridgehead atoms. The molecule has 0 spiro atoms. The van der Waals surface area contributed by atoms with Crippen LogP contribution in [0.25, 0.3) is 22.8 Å². The molecule has 0 amide bonds. The van der Waals surface area contributed by atoms with Crippen molar-refractivity contribution in [2.75, 3.05) is 13.6 Å². The van der Waals surface area contributed by atoms with Gasteiger partial charge in [0.1, 0.15) is 12.2 Å². The lowest BCUT2D eigenvalue weighted by Crippen LogP contribution is -2.32. The quantitative estimate of drug-likeness (QED) is 0.542. The fourth-order valence-electron chi connectivity index (χ4n) is 4.18. The summed E-state index contributed by atoms with van der Waals surface area (Å²) in [5.41, 5.74) is 7.22. The van der Waals surface area contributed by atoms with Crippen molar-refractivity contribution >= 4 is 11.6 Å². The van der Waals surface area contributed by atoms with Crippen LogP contribution in [0, 0.1) is 18.3 Å². The molecule has 0 aliphatic carbocycles. The van der Waals surface area contributed by atoms with Gasteiger partial charge in [-0.3, -0.25) is 9.58 Å². The number of nitrogens with zero attached hydrogens (tertiary/aromatic N) is 6. The summed E-state index contributed by atoms with van der Waals surface area (Å²) in [4.78, 5) is 2.18. The fourth-order valence-corrected chi connectivity index (χ4v) is 4.18. The number of likely N-dealkylation sites (N-methyl/N-ethyl adjacent to an activating group) is 1. The van der Waals surface area contributed by atoms with Gasteiger partial charge in [0.05, 0.1) is 17.5 Å². The molecule has 2 aromatic heterocycles. The SMILES string of the molecule is C=C1/C=C/c2c(C#N)nn(C)c2CN(C)CC(C)Oc2c(cnn2C)-c2ccc(C)c1c2. The fraction of sp³-hybridized carbons (Fsp3) is 0.320. The van der Waals surface area contributed by atoms with Gasteiger partial charge in [0, 0.05) is 32.7 Å². The third kappa shape index (κ3) is 3.97. The Morgan fingerprint density at radius 3 is 2.69 bits per heavy atom. The first-order valence-corrected chi connectivity index (χ1v) is 10.6. The van der Waals surface area contributed by atoms with E-state index in [0.29, 0.717) is 18.8 Å². The van der Waals surface area contributed by atoms with Crippen molar-refractivity contribution in [3.8, 4) is 23.1 Å². The number of aryl methyl sites for hydroxylation is 3. The summed E-state index contributed by atoms with van der Waals surface area (Å²) >= 11 is 0. The van der Waals surface area contributed by atoms with Crippen LogP contribution in [0.15, 0.2) is 37.1 Å². The molecule has 1 unspecified atom stereocenters. The van der Waals surface area contributed by atoms with Gasteiger partial charge in [0.2, 0.25) is 5.88 Å². The molecule has 32 heavy (non-hydrogen) atoms. The number of benzene rings is 1. The standard InChI is InChI=1S/C25H28N6O/c1-16-7-9-19-11-21(16)17(2)8-10-20-23(12-26)28-30(5)24(20)15-29(4)14-18(3)32-25-22(19)13-27-31(25)6/h7-11,13,18H,2,14-15H2,1,3-6H3/b10-8+. The van der Waals surface area contributed by atoms with E-state index in [0.717, 1.165) is 45.0 Å². The van der Waals surface area contributed by atoms with E-state index in [-0.39, 0.29) is 6.10 Å². The Hall–Kier alpha value is -3.63. The molecule has 0 saturated heterocycles. The molecule has 164 valence electrons. The van der Waals surface area contributed by atoms with Crippen molar-refractivity contribution in [1.82, 2.24) is 24.5 Å². The van der Waals surface area contributed by atoms with Crippen molar-refractivity contribution in [3.63, 3.8) is 0 Å². The molecule has 1 aliphatic heterocycles. The first kappa shape index (κ1) is 21.6. The zero-order chi connectivity index (χ0) is 23.0. The number of nitriles is 1. The molecule has 0 saturated carbocycles. The van der Waals surface area contributed by atoms with Crippen LogP contribution in [0.4, 0.5) is 0 Å². The van der Waals surface area contributed by atoms with E-state index < -0.39 is 0 Å². The molecule has 7 heteroatoms. The van der Waals surface area contributed by atoms with Crippen molar-refractivity contribution in [1.29, 1.82) is 5.26 Å². The summed E-state index contributed by atoms with van der Waals surface area (Å²) in [6.07, 6.45) is 5.70. The van der Waals surface area contributed by atoms with E-state index in [1.165, 1.54) is 0 Å². The van der Waals surface area contributed by atoms with Gasteiger partial charge in [-0.05, 0) is 55.3 Å². The largest absolute Gasteiger partial charge is 0.473 e. The Morgan fingerprint density at radius 1 is 1.16 bits per heavy atom. The molecule has 7 nitrogen and oxygen atoms in total. The third-order valence-electron chi connectivity index (χ3n) is 5.84. The number of hydrogen-bond acceptors (Lipinski definition) is 5. The summed E-state index contributed by atoms with van der Waals surface area (Å²) in [6.45, 7) is 9.76.